The summed E-state index contributed by atoms with van der Waals surface area (Å²) in [5, 5.41) is 10.7. The molecule has 0 aromatic heterocycles. The van der Waals surface area contributed by atoms with Gasteiger partial charge in [0.1, 0.15) is 5.75 Å². The number of nitrogens with zero attached hydrogens (tertiary/aromatic N) is 1. The lowest BCUT2D eigenvalue weighted by Gasteiger charge is -2.10. The third-order valence-electron chi connectivity index (χ3n) is 3.30. The van der Waals surface area contributed by atoms with Crippen LogP contribution < -0.4 is 4.74 Å². The van der Waals surface area contributed by atoms with Crippen LogP contribution in [-0.4, -0.2) is 6.61 Å². The van der Waals surface area contributed by atoms with Crippen molar-refractivity contribution in [3.05, 3.63) is 63.6 Å². The lowest BCUT2D eigenvalue weighted by Crippen LogP contribution is -1.98. The number of benzene rings is 2. The van der Waals surface area contributed by atoms with Crippen molar-refractivity contribution in [1.29, 1.82) is 5.26 Å². The molecule has 118 valence electrons. The Labute approximate surface area is 146 Å². The summed E-state index contributed by atoms with van der Waals surface area (Å²) in [4.78, 5) is 0. The number of hydrogen-bond donors (Lipinski definition) is 0. The third kappa shape index (κ3) is 5.03. The Bertz CT molecular complexity index is 730. The average Bonchev–Trinajstić information content (AvgIpc) is 2.55. The quantitative estimate of drug-likeness (QED) is 0.352. The van der Waals surface area contributed by atoms with Crippen LogP contribution in [0.4, 0.5) is 0 Å². The van der Waals surface area contributed by atoms with E-state index >= 15 is 0 Å². The Morgan fingerprint density at radius 2 is 1.83 bits per heavy atom. The first kappa shape index (κ1) is 17.4. The maximum atomic E-state index is 9.46. The molecule has 0 unspecified atom stereocenters. The van der Waals surface area contributed by atoms with Crippen molar-refractivity contribution >= 4 is 34.9 Å². The summed E-state index contributed by atoms with van der Waals surface area (Å²) in [6.07, 6.45) is 3.83. The summed E-state index contributed by atoms with van der Waals surface area (Å²) in [7, 11) is 0. The van der Waals surface area contributed by atoms with Crippen LogP contribution in [0.25, 0.3) is 11.6 Å². The fourth-order valence-corrected chi connectivity index (χ4v) is 2.36. The molecule has 23 heavy (non-hydrogen) atoms. The zero-order chi connectivity index (χ0) is 16.7. The largest absolute Gasteiger partial charge is 0.493 e. The molecule has 0 fully saturated rings. The summed E-state index contributed by atoms with van der Waals surface area (Å²) in [6.45, 7) is 2.75. The van der Waals surface area contributed by atoms with Gasteiger partial charge in [-0.1, -0.05) is 48.7 Å². The fraction of sp³-hybridized carbons (Fsp3) is 0.211. The van der Waals surface area contributed by atoms with E-state index in [9.17, 15) is 5.26 Å². The predicted molar refractivity (Wildman–Crippen MR) is 96.8 cm³/mol. The van der Waals surface area contributed by atoms with Gasteiger partial charge in [-0.3, -0.25) is 0 Å². The summed E-state index contributed by atoms with van der Waals surface area (Å²) in [6, 6.07) is 14.8. The number of halogens is 2. The van der Waals surface area contributed by atoms with E-state index in [1.54, 1.807) is 30.3 Å². The van der Waals surface area contributed by atoms with Gasteiger partial charge in [0.05, 0.1) is 18.2 Å². The Morgan fingerprint density at radius 1 is 1.13 bits per heavy atom. The van der Waals surface area contributed by atoms with Gasteiger partial charge in [-0.2, -0.15) is 5.26 Å². The number of unbranched alkanes of at least 4 members (excludes halogenated alkanes) is 1. The summed E-state index contributed by atoms with van der Waals surface area (Å²) in [5.74, 6) is 0.726. The molecule has 2 nitrogen and oxygen atoms in total. The lowest BCUT2D eigenvalue weighted by atomic mass is 10.0. The highest BCUT2D eigenvalue weighted by atomic mass is 35.5. The molecule has 0 saturated heterocycles. The van der Waals surface area contributed by atoms with Gasteiger partial charge in [-0.15, -0.1) is 0 Å². The number of nitriles is 1. The Morgan fingerprint density at radius 3 is 2.48 bits per heavy atom. The van der Waals surface area contributed by atoms with Crippen LogP contribution in [0.15, 0.2) is 42.5 Å². The van der Waals surface area contributed by atoms with Crippen molar-refractivity contribution in [2.75, 3.05) is 6.61 Å². The highest BCUT2D eigenvalue weighted by Crippen LogP contribution is 2.28. The smallest absolute Gasteiger partial charge is 0.126 e. The van der Waals surface area contributed by atoms with Gasteiger partial charge in [0, 0.05) is 15.6 Å². The summed E-state index contributed by atoms with van der Waals surface area (Å²) < 4.78 is 5.80. The van der Waals surface area contributed by atoms with E-state index in [1.165, 1.54) is 0 Å². The van der Waals surface area contributed by atoms with E-state index in [0.29, 0.717) is 22.2 Å². The van der Waals surface area contributed by atoms with E-state index in [4.69, 9.17) is 27.9 Å². The van der Waals surface area contributed by atoms with Crippen LogP contribution in [0.2, 0.25) is 10.0 Å². The monoisotopic (exact) mass is 345 g/mol. The van der Waals surface area contributed by atoms with E-state index in [0.717, 1.165) is 29.7 Å². The van der Waals surface area contributed by atoms with Crippen LogP contribution in [0, 0.1) is 11.3 Å². The third-order valence-corrected chi connectivity index (χ3v) is 3.79. The SMILES string of the molecule is CCCCOc1ccc(Cl)cc1/C=C(\C#N)c1ccc(Cl)cc1. The highest BCUT2D eigenvalue weighted by molar-refractivity contribution is 6.31. The first-order valence-corrected chi connectivity index (χ1v) is 8.19. The van der Waals surface area contributed by atoms with Crippen LogP contribution in [0.1, 0.15) is 30.9 Å². The maximum Gasteiger partial charge on any atom is 0.126 e. The Balaban J connectivity index is 2.36. The lowest BCUT2D eigenvalue weighted by molar-refractivity contribution is 0.309. The molecule has 0 bridgehead atoms. The van der Waals surface area contributed by atoms with Crippen LogP contribution in [0.5, 0.6) is 5.75 Å². The molecular formula is C19H17Cl2NO. The van der Waals surface area contributed by atoms with Crippen LogP contribution in [0.3, 0.4) is 0 Å². The number of rotatable bonds is 6. The van der Waals surface area contributed by atoms with Gasteiger partial charge in [-0.25, -0.2) is 0 Å². The van der Waals surface area contributed by atoms with Crippen molar-refractivity contribution in [3.8, 4) is 11.8 Å². The minimum Gasteiger partial charge on any atom is -0.493 e. The molecule has 0 N–H and O–H groups in total. The van der Waals surface area contributed by atoms with E-state index in [-0.39, 0.29) is 0 Å². The van der Waals surface area contributed by atoms with E-state index < -0.39 is 0 Å². The number of hydrogen-bond acceptors (Lipinski definition) is 2. The zero-order valence-electron chi connectivity index (χ0n) is 12.9. The van der Waals surface area contributed by atoms with Crippen LogP contribution in [-0.2, 0) is 0 Å². The first-order chi connectivity index (χ1) is 11.1. The standard InChI is InChI=1S/C19H17Cl2NO/c1-2-3-10-23-19-9-8-18(21)12-15(19)11-16(13-22)14-4-6-17(20)7-5-14/h4-9,11-12H,2-3,10H2,1H3/b16-11+. The molecule has 0 spiro atoms. The van der Waals surface area contributed by atoms with Crippen molar-refractivity contribution in [1.82, 2.24) is 0 Å². The fourth-order valence-electron chi connectivity index (χ4n) is 2.06. The second kappa shape index (κ2) is 8.62. The second-order valence-corrected chi connectivity index (χ2v) is 5.93. The Hall–Kier alpha value is -1.95. The van der Waals surface area contributed by atoms with Gasteiger partial charge in [-0.05, 0) is 48.4 Å². The molecule has 0 saturated carbocycles. The maximum absolute atomic E-state index is 9.46. The van der Waals surface area contributed by atoms with E-state index in [2.05, 4.69) is 13.0 Å². The first-order valence-electron chi connectivity index (χ1n) is 7.44. The molecule has 0 aliphatic rings. The zero-order valence-corrected chi connectivity index (χ0v) is 14.4. The molecule has 2 aromatic rings. The van der Waals surface area contributed by atoms with Crippen molar-refractivity contribution in [2.24, 2.45) is 0 Å². The second-order valence-electron chi connectivity index (χ2n) is 5.06. The predicted octanol–water partition coefficient (Wildman–Crippen LogP) is 6.24. The molecule has 4 heteroatoms. The highest BCUT2D eigenvalue weighted by Gasteiger charge is 2.07. The molecule has 0 heterocycles. The molecular weight excluding hydrogens is 329 g/mol. The number of allylic oxidation sites excluding steroid dienone is 1. The van der Waals surface area contributed by atoms with Crippen molar-refractivity contribution in [3.63, 3.8) is 0 Å². The molecule has 0 atom stereocenters. The van der Waals surface area contributed by atoms with Gasteiger partial charge in [0.25, 0.3) is 0 Å². The molecule has 0 aliphatic carbocycles. The Kier molecular flexibility index (Phi) is 6.52. The summed E-state index contributed by atoms with van der Waals surface area (Å²) in [5.41, 5.74) is 2.13. The average molecular weight is 346 g/mol. The van der Waals surface area contributed by atoms with Crippen molar-refractivity contribution in [2.45, 2.75) is 19.8 Å². The van der Waals surface area contributed by atoms with E-state index in [1.807, 2.05) is 18.2 Å². The normalized spacial score (nSPS) is 11.1. The van der Waals surface area contributed by atoms with Crippen LogP contribution >= 0.6 is 23.2 Å². The van der Waals surface area contributed by atoms with Crippen molar-refractivity contribution < 1.29 is 4.74 Å². The van der Waals surface area contributed by atoms with Gasteiger partial charge in [0.15, 0.2) is 0 Å². The molecule has 0 amide bonds. The molecule has 0 radical (unpaired) electrons. The van der Waals surface area contributed by atoms with Gasteiger partial charge in [0.2, 0.25) is 0 Å². The molecule has 0 aliphatic heterocycles. The van der Waals surface area contributed by atoms with Gasteiger partial charge < -0.3 is 4.74 Å². The molecule has 2 rings (SSSR count). The topological polar surface area (TPSA) is 33.0 Å². The number of ether oxygens (including phenoxy) is 1. The summed E-state index contributed by atoms with van der Waals surface area (Å²) >= 11 is 12.0. The minimum atomic E-state index is 0.532. The van der Waals surface area contributed by atoms with Gasteiger partial charge >= 0.3 is 0 Å². The molecule has 2 aromatic carbocycles. The minimum absolute atomic E-state index is 0.532.